The van der Waals surface area contributed by atoms with Crippen molar-refractivity contribution in [2.75, 3.05) is 18.5 Å². The molecule has 0 saturated heterocycles. The maximum atomic E-state index is 13.3. The molecule has 0 spiro atoms. The van der Waals surface area contributed by atoms with Gasteiger partial charge in [0.05, 0.1) is 17.3 Å². The highest BCUT2D eigenvalue weighted by Crippen LogP contribution is 2.36. The number of urea groups is 1. The van der Waals surface area contributed by atoms with E-state index in [1.165, 1.54) is 23.1 Å². The summed E-state index contributed by atoms with van der Waals surface area (Å²) < 4.78 is 18.5. The molecule has 0 saturated carbocycles. The lowest BCUT2D eigenvalue weighted by Crippen LogP contribution is -2.49. The van der Waals surface area contributed by atoms with E-state index >= 15 is 0 Å². The van der Waals surface area contributed by atoms with Gasteiger partial charge >= 0.3 is 12.0 Å². The topological polar surface area (TPSA) is 87.7 Å². The largest absolute Gasteiger partial charge is 0.456 e. The summed E-state index contributed by atoms with van der Waals surface area (Å²) in [5.41, 5.74) is 3.69. The summed E-state index contributed by atoms with van der Waals surface area (Å²) in [5.74, 6) is -1.53. The first-order chi connectivity index (χ1) is 14.3. The van der Waals surface area contributed by atoms with Crippen molar-refractivity contribution in [3.05, 3.63) is 76.2 Å². The van der Waals surface area contributed by atoms with Crippen LogP contribution in [0.15, 0.2) is 53.7 Å². The van der Waals surface area contributed by atoms with E-state index < -0.39 is 29.8 Å². The molecule has 2 aromatic carbocycles. The molecule has 2 heterocycles. The summed E-state index contributed by atoms with van der Waals surface area (Å²) in [7, 11) is 0. The molecule has 2 aromatic rings. The molecule has 7 nitrogen and oxygen atoms in total. The minimum atomic E-state index is -0.648. The number of rotatable bonds is 4. The van der Waals surface area contributed by atoms with Crippen molar-refractivity contribution in [1.29, 1.82) is 0 Å². The number of halogens is 1. The van der Waals surface area contributed by atoms with Gasteiger partial charge in [-0.2, -0.15) is 0 Å². The third-order valence-electron chi connectivity index (χ3n) is 5.15. The molecule has 0 aliphatic carbocycles. The number of hydrogen-bond acceptors (Lipinski definition) is 4. The van der Waals surface area contributed by atoms with Crippen LogP contribution in [0.1, 0.15) is 22.7 Å². The number of nitrogens with zero attached hydrogens (tertiary/aromatic N) is 1. The third kappa shape index (κ3) is 3.63. The van der Waals surface area contributed by atoms with Crippen LogP contribution in [0.2, 0.25) is 0 Å². The van der Waals surface area contributed by atoms with E-state index in [0.717, 1.165) is 16.7 Å². The molecule has 8 heteroatoms. The molecule has 3 amide bonds. The van der Waals surface area contributed by atoms with Crippen molar-refractivity contribution >= 4 is 23.6 Å². The zero-order valence-electron chi connectivity index (χ0n) is 16.5. The Labute approximate surface area is 172 Å². The molecule has 1 atom stereocenters. The number of aryl methyl sites for hydroxylation is 2. The SMILES string of the molecule is Cc1ccc(C)c(C2NC(=O)N(CC(=O)Nc3cccc(F)c3)C3=C2C(=O)OC3)c1. The molecule has 0 radical (unpaired) electrons. The van der Waals surface area contributed by atoms with Crippen molar-refractivity contribution in [3.8, 4) is 0 Å². The number of benzene rings is 2. The van der Waals surface area contributed by atoms with Gasteiger partial charge in [-0.3, -0.25) is 9.69 Å². The smallest absolute Gasteiger partial charge is 0.338 e. The number of carbonyl (C=O) groups is 3. The molecule has 2 aliphatic heterocycles. The van der Waals surface area contributed by atoms with E-state index in [0.29, 0.717) is 11.3 Å². The van der Waals surface area contributed by atoms with Gasteiger partial charge in [0, 0.05) is 5.69 Å². The Morgan fingerprint density at radius 1 is 1.23 bits per heavy atom. The van der Waals surface area contributed by atoms with Crippen molar-refractivity contribution in [3.63, 3.8) is 0 Å². The number of anilines is 1. The first-order valence-corrected chi connectivity index (χ1v) is 9.44. The second-order valence-corrected chi connectivity index (χ2v) is 7.32. The second-order valence-electron chi connectivity index (χ2n) is 7.32. The number of amides is 3. The van der Waals surface area contributed by atoms with Gasteiger partial charge in [-0.25, -0.2) is 14.0 Å². The van der Waals surface area contributed by atoms with Crippen LogP contribution in [0.3, 0.4) is 0 Å². The number of hydrogen-bond donors (Lipinski definition) is 2. The second kappa shape index (κ2) is 7.62. The van der Waals surface area contributed by atoms with Crippen LogP contribution in [0.25, 0.3) is 0 Å². The fourth-order valence-electron chi connectivity index (χ4n) is 3.69. The lowest BCUT2D eigenvalue weighted by Gasteiger charge is -2.33. The van der Waals surface area contributed by atoms with Crippen LogP contribution < -0.4 is 10.6 Å². The number of ether oxygens (including phenoxy) is 1. The fourth-order valence-corrected chi connectivity index (χ4v) is 3.69. The highest BCUT2D eigenvalue weighted by Gasteiger charge is 2.43. The first-order valence-electron chi connectivity index (χ1n) is 9.44. The molecule has 0 bridgehead atoms. The van der Waals surface area contributed by atoms with Gasteiger partial charge in [-0.1, -0.05) is 29.8 Å². The van der Waals surface area contributed by atoms with Gasteiger partial charge in [0.1, 0.15) is 19.0 Å². The Bertz CT molecular complexity index is 1100. The van der Waals surface area contributed by atoms with E-state index in [1.54, 1.807) is 6.07 Å². The highest BCUT2D eigenvalue weighted by molar-refractivity contribution is 6.00. The molecule has 30 heavy (non-hydrogen) atoms. The minimum absolute atomic E-state index is 0.0871. The molecule has 0 fully saturated rings. The van der Waals surface area contributed by atoms with E-state index in [1.807, 2.05) is 32.0 Å². The van der Waals surface area contributed by atoms with E-state index in [2.05, 4.69) is 10.6 Å². The van der Waals surface area contributed by atoms with E-state index in [9.17, 15) is 18.8 Å². The van der Waals surface area contributed by atoms with Gasteiger partial charge in [-0.15, -0.1) is 0 Å². The van der Waals surface area contributed by atoms with Crippen molar-refractivity contribution in [1.82, 2.24) is 10.2 Å². The average Bonchev–Trinajstić information content (AvgIpc) is 3.07. The summed E-state index contributed by atoms with van der Waals surface area (Å²) >= 11 is 0. The molecule has 0 aromatic heterocycles. The summed E-state index contributed by atoms with van der Waals surface area (Å²) in [4.78, 5) is 38.9. The number of esters is 1. The first kappa shape index (κ1) is 19.6. The Morgan fingerprint density at radius 2 is 2.03 bits per heavy atom. The summed E-state index contributed by atoms with van der Waals surface area (Å²) in [5, 5.41) is 5.37. The van der Waals surface area contributed by atoms with Gasteiger partial charge in [-0.05, 0) is 43.2 Å². The predicted molar refractivity (Wildman–Crippen MR) is 107 cm³/mol. The number of cyclic esters (lactones) is 1. The number of nitrogens with one attached hydrogen (secondary N) is 2. The quantitative estimate of drug-likeness (QED) is 0.760. The average molecular weight is 409 g/mol. The molecule has 2 aliphatic rings. The molecule has 1 unspecified atom stereocenters. The summed E-state index contributed by atoms with van der Waals surface area (Å²) in [6, 6.07) is 10.1. The van der Waals surface area contributed by atoms with Gasteiger partial charge in [0.15, 0.2) is 0 Å². The van der Waals surface area contributed by atoms with Crippen molar-refractivity contribution < 1.29 is 23.5 Å². The lowest BCUT2D eigenvalue weighted by atomic mass is 9.91. The lowest BCUT2D eigenvalue weighted by molar-refractivity contribution is -0.136. The van der Waals surface area contributed by atoms with Crippen LogP contribution in [0, 0.1) is 19.7 Å². The van der Waals surface area contributed by atoms with E-state index in [-0.39, 0.29) is 18.8 Å². The monoisotopic (exact) mass is 409 g/mol. The molecular weight excluding hydrogens is 389 g/mol. The molecule has 154 valence electrons. The minimum Gasteiger partial charge on any atom is -0.456 e. The van der Waals surface area contributed by atoms with Crippen LogP contribution in [0.4, 0.5) is 14.9 Å². The Hall–Kier alpha value is -3.68. The van der Waals surface area contributed by atoms with Crippen LogP contribution >= 0.6 is 0 Å². The zero-order valence-corrected chi connectivity index (χ0v) is 16.5. The van der Waals surface area contributed by atoms with Gasteiger partial charge < -0.3 is 15.4 Å². The predicted octanol–water partition coefficient (Wildman–Crippen LogP) is 2.96. The van der Waals surface area contributed by atoms with Crippen molar-refractivity contribution in [2.24, 2.45) is 0 Å². The van der Waals surface area contributed by atoms with Crippen LogP contribution in [-0.4, -0.2) is 36.0 Å². The van der Waals surface area contributed by atoms with Crippen LogP contribution in [-0.2, 0) is 14.3 Å². The maximum absolute atomic E-state index is 13.3. The molecule has 2 N–H and O–H groups in total. The number of carbonyl (C=O) groups excluding carboxylic acids is 3. The molecular formula is C22H20FN3O4. The summed E-state index contributed by atoms with van der Waals surface area (Å²) in [6.45, 7) is 3.41. The maximum Gasteiger partial charge on any atom is 0.338 e. The Kier molecular flexibility index (Phi) is 4.99. The van der Waals surface area contributed by atoms with E-state index in [4.69, 9.17) is 4.74 Å². The Morgan fingerprint density at radius 3 is 2.80 bits per heavy atom. The fraction of sp³-hybridized carbons (Fsp3) is 0.227. The Balaban J connectivity index is 1.63. The van der Waals surface area contributed by atoms with Crippen LogP contribution in [0.5, 0.6) is 0 Å². The molecule has 4 rings (SSSR count). The normalized spacial score (nSPS) is 18.1. The standard InChI is InChI=1S/C22H20FN3O4/c1-12-6-7-13(2)16(8-12)20-19-17(11-30-21(19)28)26(22(29)25-20)10-18(27)24-15-5-3-4-14(23)9-15/h3-9,20H,10-11H2,1-2H3,(H,24,27)(H,25,29). The third-order valence-corrected chi connectivity index (χ3v) is 5.15. The van der Waals surface area contributed by atoms with Gasteiger partial charge in [0.2, 0.25) is 5.91 Å². The van der Waals surface area contributed by atoms with Gasteiger partial charge in [0.25, 0.3) is 0 Å². The zero-order chi connectivity index (χ0) is 21.4. The highest BCUT2D eigenvalue weighted by atomic mass is 19.1. The summed E-state index contributed by atoms with van der Waals surface area (Å²) in [6.07, 6.45) is 0. The van der Waals surface area contributed by atoms with Crippen molar-refractivity contribution in [2.45, 2.75) is 19.9 Å².